The number of hydrogen-bond acceptors (Lipinski definition) is 7. The molecule has 14 heteroatoms. The molecule has 0 bridgehead atoms. The van der Waals surface area contributed by atoms with Gasteiger partial charge in [-0.3, -0.25) is 0 Å². The summed E-state index contributed by atoms with van der Waals surface area (Å²) in [5.74, 6) is 0.0416. The third kappa shape index (κ3) is 13.9. The van der Waals surface area contributed by atoms with Crippen LogP contribution in [0.3, 0.4) is 0 Å². The maximum absolute atomic E-state index is 15.1. The second-order valence-electron chi connectivity index (χ2n) is 18.9. The van der Waals surface area contributed by atoms with Crippen molar-refractivity contribution < 1.29 is 45.7 Å². The summed E-state index contributed by atoms with van der Waals surface area (Å²) in [4.78, 5) is 0.712. The molecule has 0 unspecified atom stereocenters. The molecule has 3 aromatic carbocycles. The van der Waals surface area contributed by atoms with Crippen molar-refractivity contribution in [3.05, 3.63) is 124 Å². The molecule has 0 aliphatic carbocycles. The summed E-state index contributed by atoms with van der Waals surface area (Å²) in [6, 6.07) is 14.9. The van der Waals surface area contributed by atoms with E-state index in [1.54, 1.807) is 60.7 Å². The second kappa shape index (κ2) is 24.5. The van der Waals surface area contributed by atoms with Gasteiger partial charge < -0.3 is 5.73 Å². The van der Waals surface area contributed by atoms with E-state index in [2.05, 4.69) is 27.7 Å². The first-order valence-electron chi connectivity index (χ1n) is 23.1. The van der Waals surface area contributed by atoms with E-state index in [9.17, 15) is 8.42 Å². The molecule has 0 saturated heterocycles. The molecular formula is C51H76N4O6PdS3. The summed E-state index contributed by atoms with van der Waals surface area (Å²) in [5, 5.41) is 0. The summed E-state index contributed by atoms with van der Waals surface area (Å²) < 4.78 is 93.2. The van der Waals surface area contributed by atoms with Crippen LogP contribution in [0.5, 0.6) is 0 Å². The topological polar surface area (TPSA) is 138 Å². The third-order valence-corrected chi connectivity index (χ3v) is 17.7. The Balaban J connectivity index is 0.0000112. The van der Waals surface area contributed by atoms with Gasteiger partial charge in [-0.25, -0.2) is 25.3 Å². The van der Waals surface area contributed by atoms with Crippen LogP contribution in [0.1, 0.15) is 164 Å². The van der Waals surface area contributed by atoms with Crippen molar-refractivity contribution in [1.82, 2.24) is 12.9 Å². The van der Waals surface area contributed by atoms with E-state index in [1.165, 1.54) is 12.9 Å². The fourth-order valence-corrected chi connectivity index (χ4v) is 13.2. The number of sulfonamides is 3. The Kier molecular flexibility index (Phi) is 21.3. The van der Waals surface area contributed by atoms with Gasteiger partial charge in [-0.2, -0.15) is 12.9 Å². The standard InChI is InChI=1S/C51H76N4O6S3.Pd/c1-36(2)43-32-46(38(5)6)50(47(33-43)39(7)8)63(58,59)54-28-15-13-26-53(62(56,57)45-23-21-42(22-24-45)20-19-25-52)27-14-16-29-55(31-18-17-30-54)64(60,61)51-48(40(9)10)34-44(37(3)4)35-49(51)41(11)12;/h13-18,21-24,32-41H,19-20,25-31,52H2,1-12H3;/b15-13+,16-14+,18-17+;. The van der Waals surface area contributed by atoms with Gasteiger partial charge in [0, 0.05) is 59.7 Å². The van der Waals surface area contributed by atoms with E-state index in [4.69, 9.17) is 5.73 Å². The van der Waals surface area contributed by atoms with E-state index in [0.717, 1.165) is 51.8 Å². The van der Waals surface area contributed by atoms with Crippen LogP contribution in [-0.4, -0.2) is 84.0 Å². The second-order valence-corrected chi connectivity index (χ2v) is 24.6. The van der Waals surface area contributed by atoms with Crippen LogP contribution in [0.25, 0.3) is 0 Å². The molecular weight excluding hydrogens is 967 g/mol. The summed E-state index contributed by atoms with van der Waals surface area (Å²) in [6.07, 6.45) is 11.8. The van der Waals surface area contributed by atoms with Crippen molar-refractivity contribution in [2.75, 3.05) is 45.8 Å². The first kappa shape index (κ1) is 56.6. The number of hydrogen-bond donors (Lipinski definition) is 1. The first-order valence-corrected chi connectivity index (χ1v) is 27.4. The Morgan fingerprint density at radius 2 is 0.723 bits per heavy atom. The van der Waals surface area contributed by atoms with E-state index >= 15 is 16.8 Å². The van der Waals surface area contributed by atoms with E-state index in [0.29, 0.717) is 16.3 Å². The van der Waals surface area contributed by atoms with E-state index in [1.807, 2.05) is 79.7 Å². The van der Waals surface area contributed by atoms with Gasteiger partial charge in [0.15, 0.2) is 0 Å². The number of rotatable bonds is 15. The average molecular weight is 1040 g/mol. The molecule has 1 aliphatic heterocycles. The molecule has 364 valence electrons. The Morgan fingerprint density at radius 3 is 0.969 bits per heavy atom. The summed E-state index contributed by atoms with van der Waals surface area (Å²) >= 11 is 0. The van der Waals surface area contributed by atoms with Gasteiger partial charge in [0.05, 0.1) is 14.7 Å². The number of benzene rings is 3. The minimum atomic E-state index is -4.14. The van der Waals surface area contributed by atoms with Gasteiger partial charge in [0.1, 0.15) is 0 Å². The van der Waals surface area contributed by atoms with Crippen molar-refractivity contribution in [2.24, 2.45) is 5.73 Å². The average Bonchev–Trinajstić information content (AvgIpc) is 3.24. The number of nitrogens with two attached hydrogens (primary N) is 1. The normalized spacial score (nSPS) is 17.5. The van der Waals surface area contributed by atoms with Crippen molar-refractivity contribution >= 4 is 30.1 Å². The Hall–Kier alpha value is -2.77. The number of nitrogens with zero attached hydrogens (tertiary/aromatic N) is 3. The molecule has 10 nitrogen and oxygen atoms in total. The summed E-state index contributed by atoms with van der Waals surface area (Å²) in [6.45, 7) is 24.8. The smallest absolute Gasteiger partial charge is 0.244 e. The van der Waals surface area contributed by atoms with E-state index in [-0.39, 0.29) is 100 Å². The molecule has 0 saturated carbocycles. The van der Waals surface area contributed by atoms with Gasteiger partial charge in [-0.15, -0.1) is 0 Å². The largest absolute Gasteiger partial charge is 0.330 e. The maximum Gasteiger partial charge on any atom is 0.244 e. The molecule has 4 rings (SSSR count). The van der Waals surface area contributed by atoms with Crippen molar-refractivity contribution in [1.29, 1.82) is 0 Å². The van der Waals surface area contributed by atoms with Crippen LogP contribution in [0.2, 0.25) is 0 Å². The molecule has 2 N–H and O–H groups in total. The maximum atomic E-state index is 15.1. The van der Waals surface area contributed by atoms with Crippen LogP contribution >= 0.6 is 0 Å². The molecule has 0 spiro atoms. The zero-order valence-electron chi connectivity index (χ0n) is 40.8. The molecule has 0 radical (unpaired) electrons. The Labute approximate surface area is 407 Å². The van der Waals surface area contributed by atoms with Gasteiger partial charge >= 0.3 is 0 Å². The minimum Gasteiger partial charge on any atom is -0.330 e. The van der Waals surface area contributed by atoms with Gasteiger partial charge in [-0.1, -0.05) is 156 Å². The Bertz CT molecular complexity index is 2290. The fraction of sp³-hybridized carbons (Fsp3) is 0.529. The van der Waals surface area contributed by atoms with Crippen molar-refractivity contribution in [3.8, 4) is 0 Å². The van der Waals surface area contributed by atoms with Crippen LogP contribution < -0.4 is 5.73 Å². The molecule has 1 heterocycles. The predicted molar refractivity (Wildman–Crippen MR) is 265 cm³/mol. The van der Waals surface area contributed by atoms with Crippen LogP contribution in [0, 0.1) is 0 Å². The minimum absolute atomic E-state index is 0. The zero-order chi connectivity index (χ0) is 47.7. The monoisotopic (exact) mass is 1040 g/mol. The van der Waals surface area contributed by atoms with Gasteiger partial charge in [-0.05, 0) is 106 Å². The van der Waals surface area contributed by atoms with Crippen LogP contribution in [0.4, 0.5) is 0 Å². The van der Waals surface area contributed by atoms with Crippen LogP contribution in [-0.2, 0) is 56.9 Å². The molecule has 1 aliphatic rings. The van der Waals surface area contributed by atoms with E-state index < -0.39 is 30.1 Å². The van der Waals surface area contributed by atoms with Gasteiger partial charge in [0.2, 0.25) is 30.1 Å². The molecule has 0 atom stereocenters. The molecule has 65 heavy (non-hydrogen) atoms. The SMILES string of the molecule is CC(C)c1cc(C(C)C)c(S(=O)(=O)N2C/C=C/CN(S(=O)(=O)c3ccc(CCCN)cc3)C/C=C/CN(S(=O)(=O)c3c(C(C)C)cc(C(C)C)cc3C(C)C)C/C=C/C2)c(C(C)C)c1.[Pd]. The molecule has 0 fully saturated rings. The van der Waals surface area contributed by atoms with Crippen molar-refractivity contribution in [2.45, 2.75) is 146 Å². The van der Waals surface area contributed by atoms with Gasteiger partial charge in [0.25, 0.3) is 0 Å². The quantitative estimate of drug-likeness (QED) is 0.118. The Morgan fingerprint density at radius 1 is 0.446 bits per heavy atom. The summed E-state index contributed by atoms with van der Waals surface area (Å²) in [5.41, 5.74) is 11.8. The third-order valence-electron chi connectivity index (χ3n) is 11.9. The first-order chi connectivity index (χ1) is 30.0. The van der Waals surface area contributed by atoms with Crippen molar-refractivity contribution in [3.63, 3.8) is 0 Å². The molecule has 3 aromatic rings. The zero-order valence-corrected chi connectivity index (χ0v) is 44.8. The van der Waals surface area contributed by atoms with Crippen LogP contribution in [0.15, 0.2) is 99.7 Å². The number of aryl methyl sites for hydroxylation is 1. The summed E-state index contributed by atoms with van der Waals surface area (Å²) in [7, 11) is -12.3. The predicted octanol–water partition coefficient (Wildman–Crippen LogP) is 10.4. The fourth-order valence-electron chi connectivity index (χ4n) is 7.88. The molecule has 0 amide bonds. The molecule has 0 aromatic heterocycles.